The molecule has 1 heterocycles. The molecular formula is C17H20FN3O3. The lowest BCUT2D eigenvalue weighted by atomic mass is 10.1. The third kappa shape index (κ3) is 5.85. The zero-order valence-electron chi connectivity index (χ0n) is 13.4. The molecule has 7 heteroatoms. The monoisotopic (exact) mass is 333 g/mol. The molecule has 2 N–H and O–H groups in total. The highest BCUT2D eigenvalue weighted by Crippen LogP contribution is 2.11. The van der Waals surface area contributed by atoms with Gasteiger partial charge in [-0.3, -0.25) is 0 Å². The van der Waals surface area contributed by atoms with Gasteiger partial charge in [-0.15, -0.1) is 0 Å². The lowest BCUT2D eigenvalue weighted by Crippen LogP contribution is -2.30. The number of carbonyl (C=O) groups excluding carboxylic acids is 1. The van der Waals surface area contributed by atoms with Crippen LogP contribution in [0.3, 0.4) is 0 Å². The summed E-state index contributed by atoms with van der Waals surface area (Å²) < 4.78 is 23.7. The van der Waals surface area contributed by atoms with Crippen molar-refractivity contribution in [2.45, 2.75) is 6.42 Å². The maximum atomic E-state index is 13.5. The van der Waals surface area contributed by atoms with Crippen molar-refractivity contribution in [1.29, 1.82) is 0 Å². The Morgan fingerprint density at radius 2 is 2.04 bits per heavy atom. The number of pyridine rings is 1. The third-order valence-corrected chi connectivity index (χ3v) is 3.17. The molecule has 0 fully saturated rings. The van der Waals surface area contributed by atoms with Crippen LogP contribution in [0.5, 0.6) is 5.88 Å². The van der Waals surface area contributed by atoms with E-state index in [0.29, 0.717) is 43.3 Å². The van der Waals surface area contributed by atoms with E-state index in [2.05, 4.69) is 15.6 Å². The molecule has 128 valence electrons. The maximum absolute atomic E-state index is 13.5. The van der Waals surface area contributed by atoms with Gasteiger partial charge in [0, 0.05) is 19.7 Å². The summed E-state index contributed by atoms with van der Waals surface area (Å²) in [5, 5.41) is 5.32. The number of aromatic nitrogens is 1. The van der Waals surface area contributed by atoms with Crippen LogP contribution in [-0.2, 0) is 11.2 Å². The largest absolute Gasteiger partial charge is 0.475 e. The average molecular weight is 333 g/mol. The Hall–Kier alpha value is -2.67. The average Bonchev–Trinajstić information content (AvgIpc) is 2.58. The fraction of sp³-hybridized carbons (Fsp3) is 0.294. The zero-order valence-corrected chi connectivity index (χ0v) is 13.4. The fourth-order valence-corrected chi connectivity index (χ4v) is 1.96. The van der Waals surface area contributed by atoms with Crippen LogP contribution in [0.15, 0.2) is 42.6 Å². The Morgan fingerprint density at radius 1 is 1.21 bits per heavy atom. The van der Waals surface area contributed by atoms with E-state index >= 15 is 0 Å². The van der Waals surface area contributed by atoms with Crippen LogP contribution in [0.1, 0.15) is 5.56 Å². The van der Waals surface area contributed by atoms with E-state index in [9.17, 15) is 9.18 Å². The third-order valence-electron chi connectivity index (χ3n) is 3.17. The van der Waals surface area contributed by atoms with Crippen LogP contribution < -0.4 is 15.4 Å². The van der Waals surface area contributed by atoms with Gasteiger partial charge in [-0.25, -0.2) is 14.2 Å². The second kappa shape index (κ2) is 9.46. The van der Waals surface area contributed by atoms with Gasteiger partial charge in [0.25, 0.3) is 0 Å². The summed E-state index contributed by atoms with van der Waals surface area (Å²) in [6.07, 6.45) is 1.92. The Labute approximate surface area is 140 Å². The Bertz CT molecular complexity index is 650. The zero-order chi connectivity index (χ0) is 17.2. The smallest absolute Gasteiger partial charge is 0.319 e. The van der Waals surface area contributed by atoms with E-state index in [0.717, 1.165) is 0 Å². The lowest BCUT2D eigenvalue weighted by Gasteiger charge is -2.09. The molecule has 2 amide bonds. The van der Waals surface area contributed by atoms with E-state index in [4.69, 9.17) is 9.47 Å². The van der Waals surface area contributed by atoms with Crippen LogP contribution >= 0.6 is 0 Å². The van der Waals surface area contributed by atoms with Gasteiger partial charge in [-0.1, -0.05) is 18.2 Å². The van der Waals surface area contributed by atoms with Gasteiger partial charge in [0.1, 0.15) is 12.4 Å². The number of nitrogens with zero attached hydrogens (tertiary/aromatic N) is 1. The standard InChI is InChI=1S/C17H20FN3O3/c1-23-10-11-24-16-7-6-14(12-20-16)21-17(22)19-9-8-13-4-2-3-5-15(13)18/h2-7,12H,8-11H2,1H3,(H2,19,21,22). The molecule has 0 aliphatic carbocycles. The predicted molar refractivity (Wildman–Crippen MR) is 88.7 cm³/mol. The van der Waals surface area contributed by atoms with Crippen LogP contribution in [0.2, 0.25) is 0 Å². The first-order valence-electron chi connectivity index (χ1n) is 7.55. The Morgan fingerprint density at radius 3 is 2.75 bits per heavy atom. The van der Waals surface area contributed by atoms with Crippen LogP contribution in [0.25, 0.3) is 0 Å². The van der Waals surface area contributed by atoms with Crippen molar-refractivity contribution in [3.63, 3.8) is 0 Å². The molecule has 0 saturated carbocycles. The van der Waals surface area contributed by atoms with Crippen LogP contribution in [-0.4, -0.2) is 37.9 Å². The molecule has 2 aromatic rings. The molecule has 0 aliphatic heterocycles. The highest BCUT2D eigenvalue weighted by Gasteiger charge is 2.04. The molecule has 0 unspecified atom stereocenters. The molecule has 0 radical (unpaired) electrons. The van der Waals surface area contributed by atoms with Crippen molar-refractivity contribution in [1.82, 2.24) is 10.3 Å². The molecule has 24 heavy (non-hydrogen) atoms. The number of rotatable bonds is 8. The first kappa shape index (κ1) is 17.7. The summed E-state index contributed by atoms with van der Waals surface area (Å²) >= 11 is 0. The molecule has 6 nitrogen and oxygen atoms in total. The summed E-state index contributed by atoms with van der Waals surface area (Å²) in [6, 6.07) is 9.46. The minimum absolute atomic E-state index is 0.270. The van der Waals surface area contributed by atoms with Gasteiger partial charge in [0.15, 0.2) is 0 Å². The number of carbonyl (C=O) groups is 1. The highest BCUT2D eigenvalue weighted by atomic mass is 19.1. The number of amides is 2. The number of ether oxygens (including phenoxy) is 2. The summed E-state index contributed by atoms with van der Waals surface area (Å²) in [5.74, 6) is 0.186. The first-order valence-corrected chi connectivity index (χ1v) is 7.55. The summed E-state index contributed by atoms with van der Waals surface area (Å²) in [4.78, 5) is 15.9. The number of urea groups is 1. The molecule has 0 bridgehead atoms. The normalized spacial score (nSPS) is 10.2. The predicted octanol–water partition coefficient (Wildman–Crippen LogP) is 2.61. The number of benzene rings is 1. The fourth-order valence-electron chi connectivity index (χ4n) is 1.96. The maximum Gasteiger partial charge on any atom is 0.319 e. The quantitative estimate of drug-likeness (QED) is 0.729. The van der Waals surface area contributed by atoms with Crippen LogP contribution in [0, 0.1) is 5.82 Å². The molecule has 0 spiro atoms. The van der Waals surface area contributed by atoms with E-state index in [1.54, 1.807) is 37.4 Å². The van der Waals surface area contributed by atoms with E-state index in [1.807, 2.05) is 0 Å². The minimum Gasteiger partial charge on any atom is -0.475 e. The number of nitrogens with one attached hydrogen (secondary N) is 2. The molecule has 0 aliphatic rings. The first-order chi connectivity index (χ1) is 11.7. The minimum atomic E-state index is -0.374. The van der Waals surface area contributed by atoms with Crippen molar-refractivity contribution in [2.75, 3.05) is 32.2 Å². The SMILES string of the molecule is COCCOc1ccc(NC(=O)NCCc2ccccc2F)cn1. The van der Waals surface area contributed by atoms with Crippen molar-refractivity contribution in [3.05, 3.63) is 54.0 Å². The highest BCUT2D eigenvalue weighted by molar-refractivity contribution is 5.88. The van der Waals surface area contributed by atoms with Gasteiger partial charge >= 0.3 is 6.03 Å². The van der Waals surface area contributed by atoms with Gasteiger partial charge in [-0.2, -0.15) is 0 Å². The van der Waals surface area contributed by atoms with E-state index < -0.39 is 0 Å². The van der Waals surface area contributed by atoms with Crippen molar-refractivity contribution < 1.29 is 18.7 Å². The molecule has 0 atom stereocenters. The lowest BCUT2D eigenvalue weighted by molar-refractivity contribution is 0.144. The number of hydrogen-bond acceptors (Lipinski definition) is 4. The van der Waals surface area contributed by atoms with Crippen LogP contribution in [0.4, 0.5) is 14.9 Å². The van der Waals surface area contributed by atoms with Crippen molar-refractivity contribution >= 4 is 11.7 Å². The second-order valence-corrected chi connectivity index (χ2v) is 4.95. The number of methoxy groups -OCH3 is 1. The second-order valence-electron chi connectivity index (χ2n) is 4.95. The summed E-state index contributed by atoms with van der Waals surface area (Å²) in [6.45, 7) is 1.22. The summed E-state index contributed by atoms with van der Waals surface area (Å²) in [5.41, 5.74) is 1.11. The molecular weight excluding hydrogens is 313 g/mol. The van der Waals surface area contributed by atoms with E-state index in [1.165, 1.54) is 12.3 Å². The Kier molecular flexibility index (Phi) is 6.97. The summed E-state index contributed by atoms with van der Waals surface area (Å²) in [7, 11) is 1.59. The molecule has 1 aromatic heterocycles. The Balaban J connectivity index is 1.73. The topological polar surface area (TPSA) is 72.5 Å². The molecule has 2 rings (SSSR count). The molecule has 1 aromatic carbocycles. The van der Waals surface area contributed by atoms with Crippen molar-refractivity contribution in [2.24, 2.45) is 0 Å². The van der Waals surface area contributed by atoms with Gasteiger partial charge in [0.05, 0.1) is 18.5 Å². The van der Waals surface area contributed by atoms with Crippen molar-refractivity contribution in [3.8, 4) is 5.88 Å². The van der Waals surface area contributed by atoms with E-state index in [-0.39, 0.29) is 11.8 Å². The number of hydrogen-bond donors (Lipinski definition) is 2. The van der Waals surface area contributed by atoms with Gasteiger partial charge in [-0.05, 0) is 24.1 Å². The van der Waals surface area contributed by atoms with Gasteiger partial charge in [0.2, 0.25) is 5.88 Å². The van der Waals surface area contributed by atoms with Gasteiger partial charge < -0.3 is 20.1 Å². The molecule has 0 saturated heterocycles. The number of halogens is 1. The number of anilines is 1.